The molecule has 1 heterocycles. The molecule has 134 valence electrons. The molecule has 7 heteroatoms. The van der Waals surface area contributed by atoms with Gasteiger partial charge in [0, 0.05) is 5.56 Å². The minimum Gasteiger partial charge on any atom is -0.493 e. The monoisotopic (exact) mass is 370 g/mol. The van der Waals surface area contributed by atoms with Crippen molar-refractivity contribution in [3.63, 3.8) is 0 Å². The van der Waals surface area contributed by atoms with Gasteiger partial charge >= 0.3 is 0 Å². The average Bonchev–Trinajstić information content (AvgIpc) is 2.95. The molecule has 1 N–H and O–H groups in total. The lowest BCUT2D eigenvalue weighted by molar-refractivity contribution is -0.113. The first-order chi connectivity index (χ1) is 12.6. The van der Waals surface area contributed by atoms with Crippen LogP contribution in [0.3, 0.4) is 0 Å². The van der Waals surface area contributed by atoms with Gasteiger partial charge in [-0.1, -0.05) is 18.2 Å². The summed E-state index contributed by atoms with van der Waals surface area (Å²) in [5.41, 5.74) is 1.72. The number of anilines is 1. The van der Waals surface area contributed by atoms with Gasteiger partial charge in [-0.3, -0.25) is 9.69 Å². The second-order valence-electron chi connectivity index (χ2n) is 5.39. The summed E-state index contributed by atoms with van der Waals surface area (Å²) in [4.78, 5) is 14.3. The Morgan fingerprint density at radius 1 is 0.962 bits per heavy atom. The topological polar surface area (TPSA) is 60.0 Å². The van der Waals surface area contributed by atoms with E-state index in [1.807, 2.05) is 30.3 Å². The summed E-state index contributed by atoms with van der Waals surface area (Å²) in [5.74, 6) is 1.23. The maximum Gasteiger partial charge on any atom is 0.281 e. The lowest BCUT2D eigenvalue weighted by atomic mass is 10.1. The van der Waals surface area contributed by atoms with Crippen LogP contribution >= 0.6 is 12.2 Å². The van der Waals surface area contributed by atoms with E-state index in [0.717, 1.165) is 0 Å². The number of carbonyl (C=O) groups is 1. The first-order valence-electron chi connectivity index (χ1n) is 7.81. The molecule has 0 radical (unpaired) electrons. The predicted octanol–water partition coefficient (Wildman–Crippen LogP) is 2.97. The minimum absolute atomic E-state index is 0.238. The van der Waals surface area contributed by atoms with Crippen LogP contribution < -0.4 is 24.4 Å². The van der Waals surface area contributed by atoms with Crippen LogP contribution in [0.15, 0.2) is 48.2 Å². The van der Waals surface area contributed by atoms with Crippen molar-refractivity contribution in [3.05, 3.63) is 53.7 Å². The molecule has 1 fully saturated rings. The van der Waals surface area contributed by atoms with Crippen LogP contribution in [0, 0.1) is 0 Å². The van der Waals surface area contributed by atoms with Crippen LogP contribution in [-0.4, -0.2) is 32.3 Å². The fraction of sp³-hybridized carbons (Fsp3) is 0.158. The van der Waals surface area contributed by atoms with Gasteiger partial charge in [-0.2, -0.15) is 0 Å². The molecule has 0 saturated carbocycles. The second-order valence-corrected chi connectivity index (χ2v) is 5.77. The van der Waals surface area contributed by atoms with Crippen LogP contribution in [0.1, 0.15) is 5.56 Å². The van der Waals surface area contributed by atoms with Crippen molar-refractivity contribution in [2.24, 2.45) is 0 Å². The van der Waals surface area contributed by atoms with E-state index in [9.17, 15) is 4.79 Å². The number of nitrogens with one attached hydrogen (secondary N) is 1. The SMILES string of the molecule is COc1ccc(/C=C2/NC(=S)N(c3ccccc3)C2=O)c(OC)c1OC. The maximum absolute atomic E-state index is 12.8. The van der Waals surface area contributed by atoms with Gasteiger partial charge in [0.2, 0.25) is 5.75 Å². The van der Waals surface area contributed by atoms with E-state index in [-0.39, 0.29) is 5.91 Å². The molecular formula is C19H18N2O4S. The number of para-hydroxylation sites is 1. The summed E-state index contributed by atoms with van der Waals surface area (Å²) in [6.07, 6.45) is 1.68. The molecule has 0 spiro atoms. The first kappa shape index (κ1) is 17.8. The highest BCUT2D eigenvalue weighted by molar-refractivity contribution is 7.80. The molecule has 1 aliphatic rings. The Labute approximate surface area is 157 Å². The third kappa shape index (κ3) is 3.09. The second kappa shape index (κ2) is 7.45. The Morgan fingerprint density at radius 3 is 2.27 bits per heavy atom. The molecule has 0 bridgehead atoms. The molecule has 0 aliphatic carbocycles. The number of nitrogens with zero attached hydrogens (tertiary/aromatic N) is 1. The summed E-state index contributed by atoms with van der Waals surface area (Å²) < 4.78 is 16.1. The summed E-state index contributed by atoms with van der Waals surface area (Å²) in [6.45, 7) is 0. The average molecular weight is 370 g/mol. The minimum atomic E-state index is -0.238. The van der Waals surface area contributed by atoms with E-state index >= 15 is 0 Å². The molecule has 6 nitrogen and oxygen atoms in total. The van der Waals surface area contributed by atoms with Gasteiger partial charge in [0.05, 0.1) is 27.0 Å². The van der Waals surface area contributed by atoms with Crippen LogP contribution in [0.5, 0.6) is 17.2 Å². The molecular weight excluding hydrogens is 352 g/mol. The zero-order valence-electron chi connectivity index (χ0n) is 14.6. The highest BCUT2D eigenvalue weighted by Crippen LogP contribution is 2.40. The first-order valence-corrected chi connectivity index (χ1v) is 8.22. The predicted molar refractivity (Wildman–Crippen MR) is 104 cm³/mol. The standard InChI is InChI=1S/C19H18N2O4S/c1-23-15-10-9-12(16(24-2)17(15)25-3)11-14-18(22)21(19(26)20-14)13-7-5-4-6-8-13/h4-11H,1-3H3,(H,20,26)/b14-11+. The van der Waals surface area contributed by atoms with Crippen molar-refractivity contribution in [3.8, 4) is 17.2 Å². The van der Waals surface area contributed by atoms with Gasteiger partial charge in [0.15, 0.2) is 16.6 Å². The van der Waals surface area contributed by atoms with Gasteiger partial charge in [0.25, 0.3) is 5.91 Å². The number of hydrogen-bond acceptors (Lipinski definition) is 5. The fourth-order valence-electron chi connectivity index (χ4n) is 2.74. The maximum atomic E-state index is 12.8. The molecule has 0 unspecified atom stereocenters. The van der Waals surface area contributed by atoms with E-state index < -0.39 is 0 Å². The summed E-state index contributed by atoms with van der Waals surface area (Å²) >= 11 is 5.32. The molecule has 0 atom stereocenters. The quantitative estimate of drug-likeness (QED) is 0.645. The van der Waals surface area contributed by atoms with E-state index in [0.29, 0.717) is 39.3 Å². The number of carbonyl (C=O) groups excluding carboxylic acids is 1. The number of rotatable bonds is 5. The summed E-state index contributed by atoms with van der Waals surface area (Å²) in [5, 5.41) is 3.29. The Bertz CT molecular complexity index is 881. The Morgan fingerprint density at radius 2 is 1.65 bits per heavy atom. The van der Waals surface area contributed by atoms with E-state index in [4.69, 9.17) is 26.4 Å². The molecule has 1 saturated heterocycles. The molecule has 2 aromatic rings. The fourth-order valence-corrected chi connectivity index (χ4v) is 3.04. The Balaban J connectivity index is 2.01. The van der Waals surface area contributed by atoms with Gasteiger partial charge in [-0.05, 0) is 42.6 Å². The summed E-state index contributed by atoms with van der Waals surface area (Å²) in [7, 11) is 4.61. The van der Waals surface area contributed by atoms with E-state index in [1.165, 1.54) is 19.1 Å². The van der Waals surface area contributed by atoms with Crippen LogP contribution in [0.2, 0.25) is 0 Å². The number of hydrogen-bond donors (Lipinski definition) is 1. The van der Waals surface area contributed by atoms with Gasteiger partial charge in [-0.25, -0.2) is 0 Å². The van der Waals surface area contributed by atoms with Crippen molar-refractivity contribution >= 4 is 35.0 Å². The third-order valence-corrected chi connectivity index (χ3v) is 4.21. The number of methoxy groups -OCH3 is 3. The number of amides is 1. The van der Waals surface area contributed by atoms with Gasteiger partial charge < -0.3 is 19.5 Å². The third-order valence-electron chi connectivity index (χ3n) is 3.93. The van der Waals surface area contributed by atoms with Crippen LogP contribution in [-0.2, 0) is 4.79 Å². The zero-order chi connectivity index (χ0) is 18.7. The highest BCUT2D eigenvalue weighted by atomic mass is 32.1. The van der Waals surface area contributed by atoms with E-state index in [1.54, 1.807) is 25.3 Å². The molecule has 0 aromatic heterocycles. The lowest BCUT2D eigenvalue weighted by Gasteiger charge is -2.14. The van der Waals surface area contributed by atoms with Gasteiger partial charge in [0.1, 0.15) is 5.70 Å². The Kier molecular flexibility index (Phi) is 5.09. The van der Waals surface area contributed by atoms with Gasteiger partial charge in [-0.15, -0.1) is 0 Å². The summed E-state index contributed by atoms with van der Waals surface area (Å²) in [6, 6.07) is 12.8. The molecule has 26 heavy (non-hydrogen) atoms. The Hall–Kier alpha value is -3.06. The highest BCUT2D eigenvalue weighted by Gasteiger charge is 2.32. The number of benzene rings is 2. The molecule has 3 rings (SSSR count). The normalized spacial score (nSPS) is 15.2. The van der Waals surface area contributed by atoms with Crippen LogP contribution in [0.4, 0.5) is 5.69 Å². The number of thiocarbonyl (C=S) groups is 1. The van der Waals surface area contributed by atoms with Crippen molar-refractivity contribution in [2.45, 2.75) is 0 Å². The molecule has 1 amide bonds. The molecule has 2 aromatic carbocycles. The van der Waals surface area contributed by atoms with Crippen molar-refractivity contribution in [2.75, 3.05) is 26.2 Å². The zero-order valence-corrected chi connectivity index (χ0v) is 15.4. The van der Waals surface area contributed by atoms with Crippen LogP contribution in [0.25, 0.3) is 6.08 Å². The molecule has 1 aliphatic heterocycles. The number of ether oxygens (including phenoxy) is 3. The van der Waals surface area contributed by atoms with Crippen molar-refractivity contribution in [1.29, 1.82) is 0 Å². The lowest BCUT2D eigenvalue weighted by Crippen LogP contribution is -2.30. The van der Waals surface area contributed by atoms with Crippen molar-refractivity contribution < 1.29 is 19.0 Å². The van der Waals surface area contributed by atoms with E-state index in [2.05, 4.69) is 5.32 Å². The van der Waals surface area contributed by atoms with Crippen molar-refractivity contribution in [1.82, 2.24) is 5.32 Å². The largest absolute Gasteiger partial charge is 0.493 e. The smallest absolute Gasteiger partial charge is 0.281 e.